The lowest BCUT2D eigenvalue weighted by molar-refractivity contribution is -0.119. The van der Waals surface area contributed by atoms with Crippen molar-refractivity contribution in [1.29, 1.82) is 0 Å². The Morgan fingerprint density at radius 3 is 2.68 bits per heavy atom. The maximum Gasteiger partial charge on any atom is 0.279 e. The van der Waals surface area contributed by atoms with Gasteiger partial charge in [0.25, 0.3) is 5.19 Å². The standard InChI is InChI=1S/C19H24N2O3S/c1-12(2)23-17-7-6-8-18(14(17)4)24-19-20-11-16(25-19)10-9-13(3)21-15(5)22/h6-13H,1-5H3,(H,21,22)/b10-9+/t13-/m0/s1. The van der Waals surface area contributed by atoms with E-state index in [1.54, 1.807) is 6.20 Å². The fraction of sp³-hybridized carbons (Fsp3) is 0.368. The van der Waals surface area contributed by atoms with Crippen molar-refractivity contribution in [3.63, 3.8) is 0 Å². The van der Waals surface area contributed by atoms with E-state index in [2.05, 4.69) is 10.3 Å². The van der Waals surface area contributed by atoms with E-state index in [1.807, 2.05) is 58.0 Å². The van der Waals surface area contributed by atoms with Gasteiger partial charge in [0, 0.05) is 24.7 Å². The monoisotopic (exact) mass is 360 g/mol. The van der Waals surface area contributed by atoms with Gasteiger partial charge in [0.05, 0.1) is 11.0 Å². The summed E-state index contributed by atoms with van der Waals surface area (Å²) < 4.78 is 11.7. The fourth-order valence-corrected chi connectivity index (χ4v) is 2.87. The van der Waals surface area contributed by atoms with Crippen LogP contribution in [0, 0.1) is 6.92 Å². The first kappa shape index (κ1) is 19.0. The van der Waals surface area contributed by atoms with Gasteiger partial charge in [-0.2, -0.15) is 0 Å². The lowest BCUT2D eigenvalue weighted by Crippen LogP contribution is -2.28. The van der Waals surface area contributed by atoms with E-state index in [0.29, 0.717) is 5.19 Å². The Morgan fingerprint density at radius 2 is 2.00 bits per heavy atom. The van der Waals surface area contributed by atoms with Crippen LogP contribution in [0.25, 0.3) is 6.08 Å². The molecule has 0 spiro atoms. The minimum absolute atomic E-state index is 0.0314. The molecule has 25 heavy (non-hydrogen) atoms. The van der Waals surface area contributed by atoms with Gasteiger partial charge in [-0.1, -0.05) is 23.5 Å². The normalized spacial score (nSPS) is 12.4. The molecule has 2 rings (SSSR count). The van der Waals surface area contributed by atoms with Crippen LogP contribution >= 0.6 is 11.3 Å². The van der Waals surface area contributed by atoms with E-state index in [0.717, 1.165) is 21.9 Å². The van der Waals surface area contributed by atoms with Gasteiger partial charge in [-0.05, 0) is 45.9 Å². The number of nitrogens with zero attached hydrogens (tertiary/aromatic N) is 1. The molecule has 1 N–H and O–H groups in total. The highest BCUT2D eigenvalue weighted by Gasteiger charge is 2.10. The molecule has 0 unspecified atom stereocenters. The summed E-state index contributed by atoms with van der Waals surface area (Å²) in [6.07, 6.45) is 5.70. The van der Waals surface area contributed by atoms with E-state index in [1.165, 1.54) is 18.3 Å². The first-order valence-corrected chi connectivity index (χ1v) is 9.02. The molecule has 6 heteroatoms. The predicted molar refractivity (Wildman–Crippen MR) is 101 cm³/mol. The molecular weight excluding hydrogens is 336 g/mol. The quantitative estimate of drug-likeness (QED) is 0.786. The minimum Gasteiger partial charge on any atom is -0.491 e. The van der Waals surface area contributed by atoms with Crippen LogP contribution in [0.3, 0.4) is 0 Å². The van der Waals surface area contributed by atoms with E-state index in [4.69, 9.17) is 9.47 Å². The van der Waals surface area contributed by atoms with Crippen molar-refractivity contribution in [2.75, 3.05) is 0 Å². The molecule has 0 aliphatic heterocycles. The Balaban J connectivity index is 2.06. The Labute approximate surface area is 152 Å². The molecule has 0 saturated heterocycles. The molecule has 1 aromatic heterocycles. The molecule has 134 valence electrons. The third kappa shape index (κ3) is 5.90. The number of hydrogen-bond acceptors (Lipinski definition) is 5. The molecule has 0 bridgehead atoms. The summed E-state index contributed by atoms with van der Waals surface area (Å²) in [5, 5.41) is 3.37. The maximum atomic E-state index is 11.0. The topological polar surface area (TPSA) is 60.5 Å². The van der Waals surface area contributed by atoms with E-state index < -0.39 is 0 Å². The van der Waals surface area contributed by atoms with Crippen molar-refractivity contribution in [1.82, 2.24) is 10.3 Å². The van der Waals surface area contributed by atoms with Crippen molar-refractivity contribution < 1.29 is 14.3 Å². The van der Waals surface area contributed by atoms with E-state index in [9.17, 15) is 4.79 Å². The van der Waals surface area contributed by atoms with Crippen LogP contribution in [0.15, 0.2) is 30.5 Å². The highest BCUT2D eigenvalue weighted by atomic mass is 32.1. The minimum atomic E-state index is -0.0514. The lowest BCUT2D eigenvalue weighted by atomic mass is 10.2. The largest absolute Gasteiger partial charge is 0.491 e. The number of carbonyl (C=O) groups excluding carboxylic acids is 1. The molecular formula is C19H24N2O3S. The second kappa shape index (κ2) is 8.67. The second-order valence-corrected chi connectivity index (χ2v) is 7.05. The summed E-state index contributed by atoms with van der Waals surface area (Å²) in [4.78, 5) is 16.3. The van der Waals surface area contributed by atoms with Crippen molar-refractivity contribution in [2.45, 2.75) is 46.8 Å². The van der Waals surface area contributed by atoms with Gasteiger partial charge >= 0.3 is 0 Å². The average Bonchev–Trinajstić information content (AvgIpc) is 2.96. The van der Waals surface area contributed by atoms with Gasteiger partial charge in [0.15, 0.2) is 0 Å². The number of thiazole rings is 1. The number of hydrogen-bond donors (Lipinski definition) is 1. The zero-order chi connectivity index (χ0) is 18.4. The summed E-state index contributed by atoms with van der Waals surface area (Å²) in [5.41, 5.74) is 0.947. The molecule has 1 atom stereocenters. The van der Waals surface area contributed by atoms with Crippen LogP contribution in [0.5, 0.6) is 16.7 Å². The first-order chi connectivity index (χ1) is 11.8. The van der Waals surface area contributed by atoms with E-state index >= 15 is 0 Å². The number of carbonyl (C=O) groups is 1. The molecule has 0 aliphatic carbocycles. The summed E-state index contributed by atoms with van der Waals surface area (Å²) in [5.74, 6) is 1.49. The van der Waals surface area contributed by atoms with Crippen LogP contribution in [0.2, 0.25) is 0 Å². The number of ether oxygens (including phenoxy) is 2. The highest BCUT2D eigenvalue weighted by Crippen LogP contribution is 2.33. The number of benzene rings is 1. The van der Waals surface area contributed by atoms with Crippen LogP contribution in [-0.2, 0) is 4.79 Å². The zero-order valence-corrected chi connectivity index (χ0v) is 16.0. The third-order valence-electron chi connectivity index (χ3n) is 3.28. The number of rotatable bonds is 7. The fourth-order valence-electron chi connectivity index (χ4n) is 2.18. The van der Waals surface area contributed by atoms with Crippen molar-refractivity contribution in [3.05, 3.63) is 40.9 Å². The predicted octanol–water partition coefficient (Wildman–Crippen LogP) is 4.57. The van der Waals surface area contributed by atoms with Crippen LogP contribution in [0.1, 0.15) is 38.1 Å². The van der Waals surface area contributed by atoms with Crippen LogP contribution in [-0.4, -0.2) is 23.0 Å². The van der Waals surface area contributed by atoms with Gasteiger partial charge in [0.1, 0.15) is 11.5 Å². The Kier molecular flexibility index (Phi) is 6.58. The molecule has 5 nitrogen and oxygen atoms in total. The molecule has 1 heterocycles. The lowest BCUT2D eigenvalue weighted by Gasteiger charge is -2.14. The van der Waals surface area contributed by atoms with Gasteiger partial charge in [-0.3, -0.25) is 4.79 Å². The molecule has 1 amide bonds. The average molecular weight is 360 g/mol. The molecule has 0 fully saturated rings. The van der Waals surface area contributed by atoms with Crippen LogP contribution < -0.4 is 14.8 Å². The summed E-state index contributed by atoms with van der Waals surface area (Å²) in [6, 6.07) is 5.71. The Hall–Kier alpha value is -2.34. The molecule has 0 aliphatic rings. The third-order valence-corrected chi connectivity index (χ3v) is 4.12. The van der Waals surface area contributed by atoms with Crippen molar-refractivity contribution in [3.8, 4) is 16.7 Å². The van der Waals surface area contributed by atoms with Gasteiger partial charge < -0.3 is 14.8 Å². The highest BCUT2D eigenvalue weighted by molar-refractivity contribution is 7.14. The Bertz CT molecular complexity index is 753. The molecule has 0 radical (unpaired) electrons. The zero-order valence-electron chi connectivity index (χ0n) is 15.2. The number of amides is 1. The number of nitrogens with one attached hydrogen (secondary N) is 1. The van der Waals surface area contributed by atoms with E-state index in [-0.39, 0.29) is 18.1 Å². The summed E-state index contributed by atoms with van der Waals surface area (Å²) in [7, 11) is 0. The molecule has 1 aromatic carbocycles. The van der Waals surface area contributed by atoms with Gasteiger partial charge in [0.2, 0.25) is 5.91 Å². The summed E-state index contributed by atoms with van der Waals surface area (Å²) >= 11 is 1.44. The smallest absolute Gasteiger partial charge is 0.279 e. The number of aromatic nitrogens is 1. The van der Waals surface area contributed by atoms with Gasteiger partial charge in [-0.25, -0.2) is 4.98 Å². The van der Waals surface area contributed by atoms with Gasteiger partial charge in [-0.15, -0.1) is 0 Å². The second-order valence-electron chi connectivity index (χ2n) is 6.02. The molecule has 0 saturated carbocycles. The Morgan fingerprint density at radius 1 is 1.28 bits per heavy atom. The SMILES string of the molecule is CC(=O)N[C@@H](C)/C=C/c1cnc(Oc2cccc(OC(C)C)c2C)s1. The van der Waals surface area contributed by atoms with Crippen LogP contribution in [0.4, 0.5) is 0 Å². The molecule has 2 aromatic rings. The first-order valence-electron chi connectivity index (χ1n) is 8.20. The van der Waals surface area contributed by atoms with Crippen molar-refractivity contribution in [2.24, 2.45) is 0 Å². The summed E-state index contributed by atoms with van der Waals surface area (Å²) in [6.45, 7) is 9.38. The maximum absolute atomic E-state index is 11.0. The van der Waals surface area contributed by atoms with Crippen molar-refractivity contribution >= 4 is 23.3 Å².